The minimum absolute atomic E-state index is 0.0994. The lowest BCUT2D eigenvalue weighted by Crippen LogP contribution is -2.29. The first-order valence-corrected chi connectivity index (χ1v) is 9.29. The zero-order valence-electron chi connectivity index (χ0n) is 13.7. The number of benzene rings is 1. The van der Waals surface area contributed by atoms with Crippen molar-refractivity contribution in [3.05, 3.63) is 23.8 Å². The molecule has 0 radical (unpaired) electrons. The highest BCUT2D eigenvalue weighted by atomic mass is 32.2. The topological polar surface area (TPSA) is 40.6 Å². The maximum atomic E-state index is 12.0. The average molecular weight is 310 g/mol. The second kappa shape index (κ2) is 5.52. The van der Waals surface area contributed by atoms with Crippen LogP contribution >= 0.6 is 0 Å². The molecule has 4 nitrogen and oxygen atoms in total. The Morgan fingerprint density at radius 2 is 1.71 bits per heavy atom. The van der Waals surface area contributed by atoms with Gasteiger partial charge < -0.3 is 4.90 Å². The van der Waals surface area contributed by atoms with Gasteiger partial charge in [0, 0.05) is 25.8 Å². The van der Waals surface area contributed by atoms with Gasteiger partial charge in [-0.15, -0.1) is 0 Å². The van der Waals surface area contributed by atoms with E-state index in [4.69, 9.17) is 0 Å². The summed E-state index contributed by atoms with van der Waals surface area (Å²) in [4.78, 5) is 2.33. The van der Waals surface area contributed by atoms with Crippen molar-refractivity contribution in [2.75, 3.05) is 35.6 Å². The molecule has 1 aliphatic heterocycles. The molecular weight excluding hydrogens is 284 g/mol. The normalized spacial score (nSPS) is 16.3. The molecule has 0 saturated carbocycles. The molecule has 0 aliphatic carbocycles. The van der Waals surface area contributed by atoms with Crippen molar-refractivity contribution in [2.24, 2.45) is 0 Å². The van der Waals surface area contributed by atoms with Crippen molar-refractivity contribution in [2.45, 2.75) is 39.0 Å². The molecule has 0 atom stereocenters. The van der Waals surface area contributed by atoms with Crippen LogP contribution in [0.25, 0.3) is 0 Å². The van der Waals surface area contributed by atoms with Crippen molar-refractivity contribution >= 4 is 21.4 Å². The van der Waals surface area contributed by atoms with Crippen LogP contribution in [0.4, 0.5) is 11.4 Å². The van der Waals surface area contributed by atoms with Crippen molar-refractivity contribution in [1.82, 2.24) is 0 Å². The second-order valence-corrected chi connectivity index (χ2v) is 8.89. The first kappa shape index (κ1) is 16.1. The Morgan fingerprint density at radius 3 is 2.19 bits per heavy atom. The summed E-state index contributed by atoms with van der Waals surface area (Å²) in [5, 5.41) is 0. The number of rotatable bonds is 3. The number of sulfonamides is 1. The molecule has 1 heterocycles. The highest BCUT2D eigenvalue weighted by Crippen LogP contribution is 2.36. The van der Waals surface area contributed by atoms with Gasteiger partial charge in [-0.2, -0.15) is 0 Å². The predicted octanol–water partition coefficient (Wildman–Crippen LogP) is 2.98. The molecule has 0 N–H and O–H groups in total. The third kappa shape index (κ3) is 3.51. The van der Waals surface area contributed by atoms with E-state index in [1.165, 1.54) is 23.4 Å². The first-order valence-electron chi connectivity index (χ1n) is 7.44. The van der Waals surface area contributed by atoms with Crippen LogP contribution in [0.1, 0.15) is 39.2 Å². The minimum atomic E-state index is -3.26. The SMILES string of the molecule is CN(c1cc(N2CCCC2)ccc1C(C)(C)C)S(C)(=O)=O. The average Bonchev–Trinajstić information content (AvgIpc) is 2.88. The molecule has 1 aromatic rings. The molecule has 1 aliphatic rings. The van der Waals surface area contributed by atoms with Crippen LogP contribution in [0.2, 0.25) is 0 Å². The summed E-state index contributed by atoms with van der Waals surface area (Å²) in [6.45, 7) is 8.43. The summed E-state index contributed by atoms with van der Waals surface area (Å²) in [5.74, 6) is 0. The number of hydrogen-bond donors (Lipinski definition) is 0. The third-order valence-electron chi connectivity index (χ3n) is 4.10. The smallest absolute Gasteiger partial charge is 0.232 e. The van der Waals surface area contributed by atoms with Gasteiger partial charge in [0.2, 0.25) is 10.0 Å². The molecule has 2 rings (SSSR count). The predicted molar refractivity (Wildman–Crippen MR) is 89.8 cm³/mol. The third-order valence-corrected chi connectivity index (χ3v) is 5.29. The van der Waals surface area contributed by atoms with Crippen LogP contribution in [0.15, 0.2) is 18.2 Å². The summed E-state index contributed by atoms with van der Waals surface area (Å²) in [7, 11) is -1.63. The molecule has 0 amide bonds. The molecule has 118 valence electrons. The van der Waals surface area contributed by atoms with Crippen molar-refractivity contribution in [3.8, 4) is 0 Å². The molecule has 0 unspecified atom stereocenters. The highest BCUT2D eigenvalue weighted by Gasteiger charge is 2.25. The Hall–Kier alpha value is -1.23. The summed E-state index contributed by atoms with van der Waals surface area (Å²) >= 11 is 0. The lowest BCUT2D eigenvalue weighted by Gasteiger charge is -2.29. The lowest BCUT2D eigenvalue weighted by molar-refractivity contribution is 0.586. The van der Waals surface area contributed by atoms with E-state index >= 15 is 0 Å². The zero-order valence-corrected chi connectivity index (χ0v) is 14.5. The molecule has 21 heavy (non-hydrogen) atoms. The van der Waals surface area contributed by atoms with Crippen LogP contribution in [-0.4, -0.2) is 34.8 Å². The Kier molecular flexibility index (Phi) is 4.24. The maximum Gasteiger partial charge on any atom is 0.232 e. The quantitative estimate of drug-likeness (QED) is 0.862. The number of nitrogens with zero attached hydrogens (tertiary/aromatic N) is 2. The maximum absolute atomic E-state index is 12.0. The van der Waals surface area contributed by atoms with Gasteiger partial charge in [0.15, 0.2) is 0 Å². The molecule has 0 spiro atoms. The van der Waals surface area contributed by atoms with E-state index < -0.39 is 10.0 Å². The highest BCUT2D eigenvalue weighted by molar-refractivity contribution is 7.92. The van der Waals surface area contributed by atoms with Gasteiger partial charge >= 0.3 is 0 Å². The molecule has 1 saturated heterocycles. The summed E-state index contributed by atoms with van der Waals surface area (Å²) in [6.07, 6.45) is 3.67. The summed E-state index contributed by atoms with van der Waals surface area (Å²) in [5.41, 5.74) is 2.86. The Morgan fingerprint density at radius 1 is 1.14 bits per heavy atom. The van der Waals surface area contributed by atoms with Crippen molar-refractivity contribution < 1.29 is 8.42 Å². The second-order valence-electron chi connectivity index (χ2n) is 6.88. The first-order chi connectivity index (χ1) is 9.60. The largest absolute Gasteiger partial charge is 0.371 e. The van der Waals surface area contributed by atoms with Crippen LogP contribution < -0.4 is 9.21 Å². The summed E-state index contributed by atoms with van der Waals surface area (Å²) < 4.78 is 25.3. The van der Waals surface area contributed by atoms with Gasteiger partial charge in [0.05, 0.1) is 11.9 Å². The van der Waals surface area contributed by atoms with Gasteiger partial charge in [-0.3, -0.25) is 4.31 Å². The van der Waals surface area contributed by atoms with E-state index in [9.17, 15) is 8.42 Å². The van der Waals surface area contributed by atoms with Crippen LogP contribution in [-0.2, 0) is 15.4 Å². The van der Waals surface area contributed by atoms with Crippen molar-refractivity contribution in [3.63, 3.8) is 0 Å². The fourth-order valence-corrected chi connectivity index (χ4v) is 3.27. The van der Waals surface area contributed by atoms with E-state index in [1.54, 1.807) is 7.05 Å². The molecule has 0 aromatic heterocycles. The van der Waals surface area contributed by atoms with Crippen LogP contribution in [0.3, 0.4) is 0 Å². The van der Waals surface area contributed by atoms with Crippen molar-refractivity contribution in [1.29, 1.82) is 0 Å². The van der Waals surface area contributed by atoms with E-state index in [2.05, 4.69) is 37.8 Å². The fraction of sp³-hybridized carbons (Fsp3) is 0.625. The van der Waals surface area contributed by atoms with Gasteiger partial charge in [0.1, 0.15) is 0 Å². The van der Waals surface area contributed by atoms with Gasteiger partial charge in [-0.05, 0) is 36.0 Å². The van der Waals surface area contributed by atoms with Gasteiger partial charge in [-0.25, -0.2) is 8.42 Å². The fourth-order valence-electron chi connectivity index (χ4n) is 2.77. The molecular formula is C16H26N2O2S. The molecule has 1 aromatic carbocycles. The molecule has 0 bridgehead atoms. The standard InChI is InChI=1S/C16H26N2O2S/c1-16(2,3)14-9-8-13(18-10-6-7-11-18)12-15(14)17(4)21(5,19)20/h8-9,12H,6-7,10-11H2,1-5H3. The Balaban J connectivity index is 2.53. The molecule has 1 fully saturated rings. The van der Waals surface area contributed by atoms with E-state index in [0.29, 0.717) is 0 Å². The lowest BCUT2D eigenvalue weighted by atomic mass is 9.85. The Labute approximate surface area is 128 Å². The number of anilines is 2. The minimum Gasteiger partial charge on any atom is -0.371 e. The van der Waals surface area contributed by atoms with Gasteiger partial charge in [0.25, 0.3) is 0 Å². The Bertz CT molecular complexity index is 612. The van der Waals surface area contributed by atoms with Gasteiger partial charge in [-0.1, -0.05) is 26.8 Å². The van der Waals surface area contributed by atoms with E-state index in [-0.39, 0.29) is 5.41 Å². The monoisotopic (exact) mass is 310 g/mol. The van der Waals surface area contributed by atoms with E-state index in [1.807, 2.05) is 6.07 Å². The summed E-state index contributed by atoms with van der Waals surface area (Å²) in [6, 6.07) is 6.21. The van der Waals surface area contributed by atoms with Crippen LogP contribution in [0, 0.1) is 0 Å². The molecule has 5 heteroatoms. The van der Waals surface area contributed by atoms with Crippen LogP contribution in [0.5, 0.6) is 0 Å². The zero-order chi connectivity index (χ0) is 15.8. The number of hydrogen-bond acceptors (Lipinski definition) is 3. The van der Waals surface area contributed by atoms with E-state index in [0.717, 1.165) is 30.0 Å².